The van der Waals surface area contributed by atoms with Crippen molar-refractivity contribution in [2.45, 2.75) is 13.3 Å². The molecule has 0 bridgehead atoms. The number of nitrogens with two attached hydrogens (primary N) is 1. The number of esters is 1. The molecular formula is C9H14N4O2. The van der Waals surface area contributed by atoms with Crippen LogP contribution in [0.25, 0.3) is 0 Å². The van der Waals surface area contributed by atoms with Gasteiger partial charge in [-0.05, 0) is 19.1 Å². The van der Waals surface area contributed by atoms with Crippen LogP contribution in [0.15, 0.2) is 12.1 Å². The van der Waals surface area contributed by atoms with Gasteiger partial charge in [-0.15, -0.1) is 10.2 Å². The lowest BCUT2D eigenvalue weighted by Crippen LogP contribution is -2.12. The lowest BCUT2D eigenvalue weighted by Gasteiger charge is -2.04. The smallest absolute Gasteiger partial charge is 0.307 e. The van der Waals surface area contributed by atoms with Gasteiger partial charge in [-0.3, -0.25) is 4.79 Å². The minimum absolute atomic E-state index is 0.228. The van der Waals surface area contributed by atoms with E-state index in [1.165, 1.54) is 0 Å². The van der Waals surface area contributed by atoms with E-state index < -0.39 is 0 Å². The molecule has 0 aromatic carbocycles. The largest absolute Gasteiger partial charge is 0.466 e. The number of anilines is 2. The van der Waals surface area contributed by atoms with Gasteiger partial charge in [0.25, 0.3) is 0 Å². The number of hydrogen-bond donors (Lipinski definition) is 2. The first-order valence-electron chi connectivity index (χ1n) is 4.71. The number of carbonyl (C=O) groups excluding carboxylic acids is 1. The molecule has 6 heteroatoms. The number of rotatable bonds is 5. The molecule has 1 aromatic heterocycles. The number of aromatic nitrogens is 2. The number of hydrogen-bond acceptors (Lipinski definition) is 6. The van der Waals surface area contributed by atoms with Crippen LogP contribution in [0.4, 0.5) is 11.6 Å². The highest BCUT2D eigenvalue weighted by molar-refractivity contribution is 5.69. The highest BCUT2D eigenvalue weighted by atomic mass is 16.5. The molecule has 0 fully saturated rings. The molecule has 0 aliphatic carbocycles. The van der Waals surface area contributed by atoms with Crippen molar-refractivity contribution in [1.82, 2.24) is 10.2 Å². The summed E-state index contributed by atoms with van der Waals surface area (Å²) in [5.41, 5.74) is 5.37. The molecule has 15 heavy (non-hydrogen) atoms. The Labute approximate surface area is 87.8 Å². The monoisotopic (exact) mass is 210 g/mol. The first-order valence-corrected chi connectivity index (χ1v) is 4.71. The van der Waals surface area contributed by atoms with Crippen LogP contribution in [0.2, 0.25) is 0 Å². The Balaban J connectivity index is 2.26. The number of carbonyl (C=O) groups is 1. The van der Waals surface area contributed by atoms with Gasteiger partial charge in [0.05, 0.1) is 13.0 Å². The highest BCUT2D eigenvalue weighted by Gasteiger charge is 2.01. The van der Waals surface area contributed by atoms with E-state index in [1.807, 2.05) is 0 Å². The minimum Gasteiger partial charge on any atom is -0.466 e. The van der Waals surface area contributed by atoms with Crippen molar-refractivity contribution in [2.24, 2.45) is 0 Å². The van der Waals surface area contributed by atoms with Gasteiger partial charge >= 0.3 is 5.97 Å². The van der Waals surface area contributed by atoms with E-state index in [9.17, 15) is 4.79 Å². The van der Waals surface area contributed by atoms with Crippen LogP contribution in [0, 0.1) is 0 Å². The molecule has 0 saturated carbocycles. The summed E-state index contributed by atoms with van der Waals surface area (Å²) in [4.78, 5) is 11.0. The van der Waals surface area contributed by atoms with Crippen molar-refractivity contribution in [3.63, 3.8) is 0 Å². The van der Waals surface area contributed by atoms with Crippen molar-refractivity contribution in [2.75, 3.05) is 24.2 Å². The fourth-order valence-electron chi connectivity index (χ4n) is 0.963. The molecule has 0 spiro atoms. The van der Waals surface area contributed by atoms with Crippen LogP contribution in [0.1, 0.15) is 13.3 Å². The maximum atomic E-state index is 11.0. The Morgan fingerprint density at radius 3 is 2.93 bits per heavy atom. The zero-order valence-electron chi connectivity index (χ0n) is 8.56. The van der Waals surface area contributed by atoms with Gasteiger partial charge in [-0.1, -0.05) is 0 Å². The van der Waals surface area contributed by atoms with Gasteiger partial charge < -0.3 is 15.8 Å². The topological polar surface area (TPSA) is 90.1 Å². The molecule has 0 amide bonds. The number of ether oxygens (including phenoxy) is 1. The Morgan fingerprint density at radius 2 is 2.33 bits per heavy atom. The third-order valence-electron chi connectivity index (χ3n) is 1.63. The van der Waals surface area contributed by atoms with Gasteiger partial charge in [0.15, 0.2) is 0 Å². The molecular weight excluding hydrogens is 196 g/mol. The van der Waals surface area contributed by atoms with Gasteiger partial charge in [0.2, 0.25) is 0 Å². The molecule has 0 radical (unpaired) electrons. The van der Waals surface area contributed by atoms with Crippen LogP contribution in [0.3, 0.4) is 0 Å². The molecule has 0 saturated heterocycles. The van der Waals surface area contributed by atoms with Gasteiger partial charge in [-0.25, -0.2) is 0 Å². The van der Waals surface area contributed by atoms with Gasteiger partial charge in [0, 0.05) is 6.54 Å². The second-order valence-electron chi connectivity index (χ2n) is 2.83. The summed E-state index contributed by atoms with van der Waals surface area (Å²) in [6, 6.07) is 3.34. The van der Waals surface area contributed by atoms with Crippen molar-refractivity contribution >= 4 is 17.6 Å². The average Bonchev–Trinajstić information content (AvgIpc) is 2.21. The van der Waals surface area contributed by atoms with E-state index in [0.717, 1.165) is 0 Å². The molecule has 0 aliphatic rings. The van der Waals surface area contributed by atoms with Gasteiger partial charge in [-0.2, -0.15) is 0 Å². The number of nitrogens with one attached hydrogen (secondary N) is 1. The highest BCUT2D eigenvalue weighted by Crippen LogP contribution is 2.02. The van der Waals surface area contributed by atoms with Crippen LogP contribution < -0.4 is 11.1 Å². The summed E-state index contributed by atoms with van der Waals surface area (Å²) in [5, 5.41) is 10.4. The summed E-state index contributed by atoms with van der Waals surface area (Å²) in [7, 11) is 0. The molecule has 6 nitrogen and oxygen atoms in total. The van der Waals surface area contributed by atoms with Crippen LogP contribution in [-0.2, 0) is 9.53 Å². The lowest BCUT2D eigenvalue weighted by molar-refractivity contribution is -0.142. The lowest BCUT2D eigenvalue weighted by atomic mass is 10.4. The van der Waals surface area contributed by atoms with Crippen molar-refractivity contribution in [3.8, 4) is 0 Å². The molecule has 82 valence electrons. The molecule has 1 aromatic rings. The minimum atomic E-state index is -0.228. The average molecular weight is 210 g/mol. The standard InChI is InChI=1S/C9H14N4O2/c1-2-15-9(14)5-6-11-8-4-3-7(10)12-13-8/h3-4H,2,5-6H2,1H3,(H2,10,12)(H,11,13). The fraction of sp³-hybridized carbons (Fsp3) is 0.444. The third-order valence-corrected chi connectivity index (χ3v) is 1.63. The third kappa shape index (κ3) is 4.26. The number of nitrogens with zero attached hydrogens (tertiary/aromatic N) is 2. The van der Waals surface area contributed by atoms with E-state index in [0.29, 0.717) is 31.2 Å². The van der Waals surface area contributed by atoms with Gasteiger partial charge in [0.1, 0.15) is 11.6 Å². The Morgan fingerprint density at radius 1 is 1.53 bits per heavy atom. The van der Waals surface area contributed by atoms with Crippen molar-refractivity contribution in [3.05, 3.63) is 12.1 Å². The maximum Gasteiger partial charge on any atom is 0.307 e. The van der Waals surface area contributed by atoms with Crippen LogP contribution in [0.5, 0.6) is 0 Å². The van der Waals surface area contributed by atoms with E-state index in [1.54, 1.807) is 19.1 Å². The summed E-state index contributed by atoms with van der Waals surface area (Å²) >= 11 is 0. The van der Waals surface area contributed by atoms with E-state index in [2.05, 4.69) is 15.5 Å². The Bertz CT molecular complexity index is 312. The summed E-state index contributed by atoms with van der Waals surface area (Å²) < 4.78 is 4.76. The summed E-state index contributed by atoms with van der Waals surface area (Å²) in [6.07, 6.45) is 0.305. The molecule has 1 rings (SSSR count). The second-order valence-corrected chi connectivity index (χ2v) is 2.83. The first kappa shape index (κ1) is 11.2. The Hall–Kier alpha value is -1.85. The predicted molar refractivity (Wildman–Crippen MR) is 56.2 cm³/mol. The van der Waals surface area contributed by atoms with Crippen molar-refractivity contribution < 1.29 is 9.53 Å². The van der Waals surface area contributed by atoms with Crippen LogP contribution in [-0.4, -0.2) is 29.3 Å². The molecule has 1 heterocycles. The predicted octanol–water partition coefficient (Wildman–Crippen LogP) is 0.424. The summed E-state index contributed by atoms with van der Waals surface area (Å²) in [6.45, 7) is 2.65. The quantitative estimate of drug-likeness (QED) is 0.685. The second kappa shape index (κ2) is 5.79. The molecule has 0 aliphatic heterocycles. The fourth-order valence-corrected chi connectivity index (χ4v) is 0.963. The van der Waals surface area contributed by atoms with Crippen LogP contribution >= 0.6 is 0 Å². The van der Waals surface area contributed by atoms with Crippen molar-refractivity contribution in [1.29, 1.82) is 0 Å². The number of nitrogen functional groups attached to an aromatic ring is 1. The normalized spacial score (nSPS) is 9.67. The maximum absolute atomic E-state index is 11.0. The first-order chi connectivity index (χ1) is 7.22. The SMILES string of the molecule is CCOC(=O)CCNc1ccc(N)nn1. The zero-order valence-corrected chi connectivity index (χ0v) is 8.56. The summed E-state index contributed by atoms with van der Waals surface area (Å²) in [5.74, 6) is 0.729. The van der Waals surface area contributed by atoms with E-state index in [4.69, 9.17) is 10.5 Å². The Kier molecular flexibility index (Phi) is 4.33. The molecule has 0 unspecified atom stereocenters. The van der Waals surface area contributed by atoms with E-state index in [-0.39, 0.29) is 5.97 Å². The molecule has 0 atom stereocenters. The zero-order chi connectivity index (χ0) is 11.1. The molecule has 3 N–H and O–H groups in total. The van der Waals surface area contributed by atoms with E-state index >= 15 is 0 Å².